The molecule has 0 spiro atoms. The SMILES string of the molecule is CCCCCCS(=O)(=O)c1cc(I)sc1I. The van der Waals surface area contributed by atoms with E-state index in [9.17, 15) is 8.42 Å². The summed E-state index contributed by atoms with van der Waals surface area (Å²) in [5, 5.41) is 0. The van der Waals surface area contributed by atoms with Gasteiger partial charge in [-0.1, -0.05) is 26.2 Å². The number of rotatable bonds is 6. The van der Waals surface area contributed by atoms with Crippen molar-refractivity contribution >= 4 is 66.4 Å². The van der Waals surface area contributed by atoms with E-state index in [1.54, 1.807) is 6.07 Å². The highest BCUT2D eigenvalue weighted by atomic mass is 127. The van der Waals surface area contributed by atoms with E-state index in [1.165, 1.54) is 11.3 Å². The summed E-state index contributed by atoms with van der Waals surface area (Å²) in [6.45, 7) is 2.12. The van der Waals surface area contributed by atoms with Crippen molar-refractivity contribution in [3.63, 3.8) is 0 Å². The minimum absolute atomic E-state index is 0.288. The lowest BCUT2D eigenvalue weighted by Crippen LogP contribution is -2.06. The van der Waals surface area contributed by atoms with E-state index in [0.717, 1.165) is 31.5 Å². The molecule has 0 amide bonds. The first-order valence-corrected chi connectivity index (χ1v) is 9.77. The van der Waals surface area contributed by atoms with Crippen LogP contribution in [0.5, 0.6) is 0 Å². The predicted molar refractivity (Wildman–Crippen MR) is 85.9 cm³/mol. The maximum Gasteiger partial charge on any atom is 0.180 e. The number of hydrogen-bond acceptors (Lipinski definition) is 3. The maximum absolute atomic E-state index is 12.0. The summed E-state index contributed by atoms with van der Waals surface area (Å²) in [6, 6.07) is 1.78. The average molecular weight is 484 g/mol. The van der Waals surface area contributed by atoms with Crippen LogP contribution in [-0.4, -0.2) is 14.2 Å². The van der Waals surface area contributed by atoms with E-state index in [-0.39, 0.29) is 5.75 Å². The number of halogens is 2. The second-order valence-electron chi connectivity index (χ2n) is 3.57. The molecule has 0 bridgehead atoms. The summed E-state index contributed by atoms with van der Waals surface area (Å²) < 4.78 is 26.0. The number of unbranched alkanes of at least 4 members (excludes halogenated alkanes) is 3. The third kappa shape index (κ3) is 4.41. The van der Waals surface area contributed by atoms with Crippen molar-refractivity contribution in [3.8, 4) is 0 Å². The lowest BCUT2D eigenvalue weighted by atomic mass is 10.2. The molecule has 0 aromatic carbocycles. The molecule has 2 nitrogen and oxygen atoms in total. The molecule has 0 saturated heterocycles. The molecule has 0 aliphatic carbocycles. The number of thiophene rings is 1. The van der Waals surface area contributed by atoms with E-state index in [1.807, 2.05) is 0 Å². The average Bonchev–Trinajstić information content (AvgIpc) is 2.53. The molecule has 0 fully saturated rings. The van der Waals surface area contributed by atoms with Crippen LogP contribution >= 0.6 is 56.5 Å². The van der Waals surface area contributed by atoms with Gasteiger partial charge in [-0.05, 0) is 57.7 Å². The first-order chi connectivity index (χ1) is 7.47. The van der Waals surface area contributed by atoms with Gasteiger partial charge in [0.05, 0.1) is 16.4 Å². The summed E-state index contributed by atoms with van der Waals surface area (Å²) >= 11 is 5.81. The molecule has 92 valence electrons. The van der Waals surface area contributed by atoms with Crippen LogP contribution in [0.3, 0.4) is 0 Å². The third-order valence-corrected chi connectivity index (χ3v) is 7.47. The molecule has 0 saturated carbocycles. The highest BCUT2D eigenvalue weighted by Crippen LogP contribution is 2.30. The molecule has 0 radical (unpaired) electrons. The quantitative estimate of drug-likeness (QED) is 0.446. The van der Waals surface area contributed by atoms with E-state index >= 15 is 0 Å². The van der Waals surface area contributed by atoms with Gasteiger partial charge in [0.2, 0.25) is 0 Å². The minimum atomic E-state index is -3.05. The Morgan fingerprint density at radius 3 is 2.44 bits per heavy atom. The highest BCUT2D eigenvalue weighted by molar-refractivity contribution is 14.1. The molecule has 0 unspecified atom stereocenters. The summed E-state index contributed by atoms with van der Waals surface area (Å²) in [6.07, 6.45) is 4.04. The summed E-state index contributed by atoms with van der Waals surface area (Å²) in [7, 11) is -3.05. The molecule has 1 rings (SSSR count). The Kier molecular flexibility index (Phi) is 6.53. The van der Waals surface area contributed by atoms with E-state index in [4.69, 9.17) is 0 Å². The van der Waals surface area contributed by atoms with Crippen molar-refractivity contribution in [1.29, 1.82) is 0 Å². The van der Waals surface area contributed by atoms with Crippen LogP contribution in [0.4, 0.5) is 0 Å². The molecule has 16 heavy (non-hydrogen) atoms. The van der Waals surface area contributed by atoms with Crippen LogP contribution < -0.4 is 0 Å². The molecule has 0 atom stereocenters. The van der Waals surface area contributed by atoms with Crippen LogP contribution in [0.25, 0.3) is 0 Å². The Morgan fingerprint density at radius 1 is 1.25 bits per heavy atom. The van der Waals surface area contributed by atoms with Crippen LogP contribution in [0, 0.1) is 5.77 Å². The van der Waals surface area contributed by atoms with E-state index in [2.05, 4.69) is 52.1 Å². The van der Waals surface area contributed by atoms with Gasteiger partial charge in [-0.2, -0.15) is 0 Å². The Hall–Kier alpha value is 1.11. The van der Waals surface area contributed by atoms with Crippen molar-refractivity contribution in [1.82, 2.24) is 0 Å². The van der Waals surface area contributed by atoms with Gasteiger partial charge in [-0.25, -0.2) is 8.42 Å². The van der Waals surface area contributed by atoms with Gasteiger partial charge >= 0.3 is 0 Å². The summed E-state index contributed by atoms with van der Waals surface area (Å²) in [5.74, 6) is 0.288. The fourth-order valence-corrected chi connectivity index (χ4v) is 8.12. The lowest BCUT2D eigenvalue weighted by molar-refractivity contribution is 0.589. The van der Waals surface area contributed by atoms with Gasteiger partial charge in [0.25, 0.3) is 0 Å². The second kappa shape index (κ2) is 6.89. The van der Waals surface area contributed by atoms with Crippen molar-refractivity contribution in [3.05, 3.63) is 11.8 Å². The first-order valence-electron chi connectivity index (χ1n) is 5.15. The monoisotopic (exact) mass is 484 g/mol. The number of sulfone groups is 1. The van der Waals surface area contributed by atoms with Crippen molar-refractivity contribution < 1.29 is 8.42 Å². The zero-order valence-electron chi connectivity index (χ0n) is 9.00. The van der Waals surface area contributed by atoms with Crippen LogP contribution in [0.1, 0.15) is 32.6 Å². The second-order valence-corrected chi connectivity index (χ2v) is 10.4. The molecular formula is C10H14I2O2S2. The van der Waals surface area contributed by atoms with Gasteiger partial charge in [-0.15, -0.1) is 11.3 Å². The van der Waals surface area contributed by atoms with Gasteiger partial charge in [0.1, 0.15) is 0 Å². The molecule has 1 aromatic rings. The van der Waals surface area contributed by atoms with Crippen molar-refractivity contribution in [2.75, 3.05) is 5.75 Å². The number of hydrogen-bond donors (Lipinski definition) is 0. The predicted octanol–water partition coefficient (Wildman–Crippen LogP) is 4.31. The van der Waals surface area contributed by atoms with E-state index in [0.29, 0.717) is 4.90 Å². The Balaban J connectivity index is 2.67. The highest BCUT2D eigenvalue weighted by Gasteiger charge is 2.19. The lowest BCUT2D eigenvalue weighted by Gasteiger charge is -2.02. The van der Waals surface area contributed by atoms with Gasteiger partial charge in [0.15, 0.2) is 9.84 Å². The molecular weight excluding hydrogens is 470 g/mol. The Morgan fingerprint density at radius 2 is 1.94 bits per heavy atom. The van der Waals surface area contributed by atoms with Crippen molar-refractivity contribution in [2.24, 2.45) is 0 Å². The molecule has 6 heteroatoms. The fourth-order valence-electron chi connectivity index (χ4n) is 1.37. The van der Waals surface area contributed by atoms with Gasteiger partial charge < -0.3 is 0 Å². The molecule has 0 N–H and O–H groups in total. The normalized spacial score (nSPS) is 11.9. The molecule has 0 aliphatic rings. The summed E-state index contributed by atoms with van der Waals surface area (Å²) in [5.41, 5.74) is 0. The smallest absolute Gasteiger partial charge is 0.180 e. The third-order valence-electron chi connectivity index (χ3n) is 2.23. The van der Waals surface area contributed by atoms with Gasteiger partial charge in [0, 0.05) is 0 Å². The van der Waals surface area contributed by atoms with Crippen LogP contribution in [0.15, 0.2) is 11.0 Å². The van der Waals surface area contributed by atoms with Crippen LogP contribution in [0.2, 0.25) is 0 Å². The first kappa shape index (κ1) is 15.2. The Bertz CT molecular complexity index is 438. The fraction of sp³-hybridized carbons (Fsp3) is 0.600. The zero-order valence-corrected chi connectivity index (χ0v) is 14.9. The van der Waals surface area contributed by atoms with Crippen LogP contribution in [-0.2, 0) is 9.84 Å². The topological polar surface area (TPSA) is 34.1 Å². The summed E-state index contributed by atoms with van der Waals surface area (Å²) in [4.78, 5) is 0.527. The van der Waals surface area contributed by atoms with Crippen molar-refractivity contribution in [2.45, 2.75) is 37.5 Å². The standard InChI is InChI=1S/C10H14I2O2S2/c1-2-3-4-5-6-16(13,14)8-7-9(11)15-10(8)12/h7H,2-6H2,1H3. The Labute approximate surface area is 128 Å². The molecule has 0 aliphatic heterocycles. The minimum Gasteiger partial charge on any atom is -0.224 e. The van der Waals surface area contributed by atoms with Gasteiger partial charge in [-0.3, -0.25) is 0 Å². The molecule has 1 heterocycles. The molecule has 1 aromatic heterocycles. The van der Waals surface area contributed by atoms with E-state index < -0.39 is 9.84 Å². The maximum atomic E-state index is 12.0. The zero-order chi connectivity index (χ0) is 12.2. The largest absolute Gasteiger partial charge is 0.224 e.